The topological polar surface area (TPSA) is 139 Å². The molecular weight excluding hydrogens is 512 g/mol. The lowest BCUT2D eigenvalue weighted by Crippen LogP contribution is -2.55. The summed E-state index contributed by atoms with van der Waals surface area (Å²) in [4.78, 5) is 39.6. The van der Waals surface area contributed by atoms with Crippen LogP contribution in [0, 0.1) is 0 Å². The molecule has 2 aromatic heterocycles. The van der Waals surface area contributed by atoms with Gasteiger partial charge < -0.3 is 30.1 Å². The summed E-state index contributed by atoms with van der Waals surface area (Å²) in [6, 6.07) is 1.13. The molecule has 3 rings (SSSR count). The second-order valence-corrected chi connectivity index (χ2v) is 11.2. The zero-order valence-corrected chi connectivity index (χ0v) is 23.7. The molecule has 2 aromatic rings. The summed E-state index contributed by atoms with van der Waals surface area (Å²) < 4.78 is 11.4. The van der Waals surface area contributed by atoms with Crippen LogP contribution in [-0.2, 0) is 4.74 Å². The van der Waals surface area contributed by atoms with E-state index in [1.807, 2.05) is 48.5 Å². The summed E-state index contributed by atoms with van der Waals surface area (Å²) >= 11 is 6.30. The van der Waals surface area contributed by atoms with Crippen LogP contribution < -0.4 is 15.4 Å². The first kappa shape index (κ1) is 29.4. The normalized spacial score (nSPS) is 16.1. The lowest BCUT2D eigenvalue weighted by molar-refractivity contribution is 0.0178. The number of ether oxygens (including phenoxy) is 2. The van der Waals surface area contributed by atoms with Gasteiger partial charge in [-0.2, -0.15) is 0 Å². The maximum atomic E-state index is 12.5. The molecule has 3 heterocycles. The van der Waals surface area contributed by atoms with Crippen LogP contribution in [0.5, 0.6) is 5.75 Å². The lowest BCUT2D eigenvalue weighted by Gasteiger charge is -2.34. The number of aromatic nitrogens is 3. The molecule has 12 heteroatoms. The van der Waals surface area contributed by atoms with E-state index in [-0.39, 0.29) is 46.8 Å². The van der Waals surface area contributed by atoms with Gasteiger partial charge in [0.25, 0.3) is 0 Å². The van der Waals surface area contributed by atoms with Crippen LogP contribution in [0.25, 0.3) is 0 Å². The molecule has 1 amide bonds. The minimum atomic E-state index is -1.23. The second-order valence-electron chi connectivity index (χ2n) is 10.8. The van der Waals surface area contributed by atoms with Gasteiger partial charge in [0.15, 0.2) is 5.82 Å². The first-order valence-corrected chi connectivity index (χ1v) is 13.0. The fraction of sp³-hybridized carbons (Fsp3) is 0.577. The van der Waals surface area contributed by atoms with E-state index < -0.39 is 17.7 Å². The Morgan fingerprint density at radius 2 is 1.84 bits per heavy atom. The van der Waals surface area contributed by atoms with Crippen LogP contribution in [0.2, 0.25) is 5.15 Å². The summed E-state index contributed by atoms with van der Waals surface area (Å²) in [5.41, 5.74) is 1.30. The molecule has 1 aliphatic rings. The van der Waals surface area contributed by atoms with Crippen molar-refractivity contribution in [1.82, 2.24) is 25.2 Å². The molecule has 0 aliphatic carbocycles. The monoisotopic (exact) mass is 548 g/mol. The lowest BCUT2D eigenvalue weighted by atomic mass is 10.0. The van der Waals surface area contributed by atoms with Crippen molar-refractivity contribution in [2.45, 2.75) is 71.9 Å². The van der Waals surface area contributed by atoms with Gasteiger partial charge in [-0.15, -0.1) is 0 Å². The highest BCUT2D eigenvalue weighted by molar-refractivity contribution is 6.29. The predicted molar refractivity (Wildman–Crippen MR) is 145 cm³/mol. The van der Waals surface area contributed by atoms with Crippen molar-refractivity contribution in [1.29, 1.82) is 0 Å². The predicted octanol–water partition coefficient (Wildman–Crippen LogP) is 4.80. The highest BCUT2D eigenvalue weighted by Crippen LogP contribution is 2.35. The first-order valence-electron chi connectivity index (χ1n) is 12.7. The number of piperazine rings is 1. The van der Waals surface area contributed by atoms with Gasteiger partial charge in [0.2, 0.25) is 0 Å². The van der Waals surface area contributed by atoms with Crippen molar-refractivity contribution in [2.75, 3.05) is 31.6 Å². The largest absolute Gasteiger partial charge is 0.491 e. The Labute approximate surface area is 228 Å². The number of pyridine rings is 1. The molecule has 1 aliphatic heterocycles. The Morgan fingerprint density at radius 1 is 1.21 bits per heavy atom. The van der Waals surface area contributed by atoms with E-state index in [0.717, 1.165) is 11.4 Å². The molecule has 11 nitrogen and oxygen atoms in total. The fourth-order valence-corrected chi connectivity index (χ4v) is 4.24. The number of amides is 1. The summed E-state index contributed by atoms with van der Waals surface area (Å²) in [7, 11) is 0. The number of carboxylic acid groups (broad SMARTS) is 1. The number of nitrogens with zero attached hydrogens (tertiary/aromatic N) is 4. The quantitative estimate of drug-likeness (QED) is 0.394. The zero-order valence-electron chi connectivity index (χ0n) is 23.0. The molecule has 0 saturated carbocycles. The van der Waals surface area contributed by atoms with E-state index in [0.29, 0.717) is 25.3 Å². The molecule has 0 radical (unpaired) electrons. The average molecular weight is 549 g/mol. The van der Waals surface area contributed by atoms with Gasteiger partial charge >= 0.3 is 12.1 Å². The number of rotatable bonds is 8. The third-order valence-electron chi connectivity index (χ3n) is 5.76. The zero-order chi connectivity index (χ0) is 28.2. The Kier molecular flexibility index (Phi) is 9.37. The molecule has 0 aromatic carbocycles. The Morgan fingerprint density at radius 3 is 2.39 bits per heavy atom. The number of carbonyl (C=O) groups excluding carboxylic acids is 1. The van der Waals surface area contributed by atoms with Crippen LogP contribution in [0.15, 0.2) is 12.4 Å². The van der Waals surface area contributed by atoms with Gasteiger partial charge in [-0.05, 0) is 32.6 Å². The van der Waals surface area contributed by atoms with E-state index in [1.165, 1.54) is 12.4 Å². The van der Waals surface area contributed by atoms with E-state index in [9.17, 15) is 14.7 Å². The maximum absolute atomic E-state index is 12.5. The molecule has 1 atom stereocenters. The number of aromatic carboxylic acids is 1. The van der Waals surface area contributed by atoms with Crippen molar-refractivity contribution in [3.63, 3.8) is 0 Å². The Bertz CT molecular complexity index is 1140. The van der Waals surface area contributed by atoms with Crippen LogP contribution in [-0.4, -0.2) is 74.9 Å². The SMILES string of the molecule is CC(C)c1ncnc(C(C)C)c1Nc1nc(Cl)cc(OC[C@H]2CN(C(=O)OC(C)(C)C)CCN2)c1C(=O)O. The summed E-state index contributed by atoms with van der Waals surface area (Å²) in [6.07, 6.45) is 1.10. The minimum absolute atomic E-state index is 0.0329. The minimum Gasteiger partial charge on any atom is -0.491 e. The third-order valence-corrected chi connectivity index (χ3v) is 5.95. The first-order chi connectivity index (χ1) is 17.8. The highest BCUT2D eigenvalue weighted by atomic mass is 35.5. The number of carboxylic acids is 1. The molecule has 0 spiro atoms. The fourth-order valence-electron chi connectivity index (χ4n) is 4.06. The number of nitrogens with one attached hydrogen (secondary N) is 2. The Balaban J connectivity index is 1.87. The van der Waals surface area contributed by atoms with Gasteiger partial charge in [-0.3, -0.25) is 0 Å². The summed E-state index contributed by atoms with van der Waals surface area (Å²) in [6.45, 7) is 14.9. The van der Waals surface area contributed by atoms with E-state index in [1.54, 1.807) is 4.90 Å². The molecule has 1 saturated heterocycles. The van der Waals surface area contributed by atoms with E-state index in [2.05, 4.69) is 25.6 Å². The van der Waals surface area contributed by atoms with Crippen molar-refractivity contribution in [3.8, 4) is 5.75 Å². The molecule has 0 bridgehead atoms. The van der Waals surface area contributed by atoms with Gasteiger partial charge in [-0.1, -0.05) is 39.3 Å². The maximum Gasteiger partial charge on any atom is 0.410 e. The number of carbonyl (C=O) groups is 2. The molecule has 0 unspecified atom stereocenters. The van der Waals surface area contributed by atoms with Crippen LogP contribution in [0.1, 0.15) is 82.0 Å². The molecule has 208 valence electrons. The van der Waals surface area contributed by atoms with Gasteiger partial charge in [-0.25, -0.2) is 24.5 Å². The molecule has 1 fully saturated rings. The van der Waals surface area contributed by atoms with Crippen LogP contribution in [0.3, 0.4) is 0 Å². The smallest absolute Gasteiger partial charge is 0.410 e. The Hall–Kier alpha value is -3.18. The van der Waals surface area contributed by atoms with Crippen molar-refractivity contribution >= 4 is 35.2 Å². The standard InChI is InChI=1S/C26H37ClN6O5/c1-14(2)20-22(21(15(3)4)30-13-29-20)32-23-19(24(34)35)17(10-18(27)31-23)37-12-16-11-33(9-8-28-16)25(36)38-26(5,6)7/h10,13-16,28H,8-9,11-12H2,1-7H3,(H,31,32)(H,34,35)/t16-/m1/s1. The summed E-state index contributed by atoms with van der Waals surface area (Å²) in [5, 5.41) is 16.6. The number of halogens is 1. The van der Waals surface area contributed by atoms with Gasteiger partial charge in [0.05, 0.1) is 23.1 Å². The van der Waals surface area contributed by atoms with Crippen molar-refractivity contribution in [3.05, 3.63) is 34.5 Å². The summed E-state index contributed by atoms with van der Waals surface area (Å²) in [5.74, 6) is -1.04. The van der Waals surface area contributed by atoms with Crippen molar-refractivity contribution in [2.24, 2.45) is 0 Å². The van der Waals surface area contributed by atoms with Crippen LogP contribution in [0.4, 0.5) is 16.3 Å². The third kappa shape index (κ3) is 7.44. The van der Waals surface area contributed by atoms with E-state index in [4.69, 9.17) is 21.1 Å². The van der Waals surface area contributed by atoms with Crippen molar-refractivity contribution < 1.29 is 24.2 Å². The number of hydrogen-bond donors (Lipinski definition) is 3. The second kappa shape index (κ2) is 12.1. The van der Waals surface area contributed by atoms with Gasteiger partial charge in [0, 0.05) is 25.7 Å². The number of hydrogen-bond acceptors (Lipinski definition) is 9. The van der Waals surface area contributed by atoms with Crippen LogP contribution >= 0.6 is 11.6 Å². The average Bonchev–Trinajstić information content (AvgIpc) is 2.81. The molecule has 38 heavy (non-hydrogen) atoms. The van der Waals surface area contributed by atoms with Gasteiger partial charge in [0.1, 0.15) is 35.0 Å². The number of anilines is 2. The highest BCUT2D eigenvalue weighted by Gasteiger charge is 2.29. The molecular formula is C26H37ClN6O5. The van der Waals surface area contributed by atoms with E-state index >= 15 is 0 Å². The molecule has 3 N–H and O–H groups in total.